The lowest BCUT2D eigenvalue weighted by Crippen LogP contribution is -2.42. The molecule has 7 heteroatoms. The summed E-state index contributed by atoms with van der Waals surface area (Å²) in [6.45, 7) is 1.90. The molecule has 3 N–H and O–H groups in total. The zero-order valence-corrected chi connectivity index (χ0v) is 13.4. The van der Waals surface area contributed by atoms with Crippen LogP contribution < -0.4 is 11.1 Å². The first-order valence-corrected chi connectivity index (χ1v) is 8.03. The number of rotatable bonds is 4. The summed E-state index contributed by atoms with van der Waals surface area (Å²) in [6, 6.07) is 3.93. The molecule has 1 saturated heterocycles. The second-order valence-electron chi connectivity index (χ2n) is 6.49. The van der Waals surface area contributed by atoms with Gasteiger partial charge in [-0.15, -0.1) is 0 Å². The molecule has 1 spiro atoms. The van der Waals surface area contributed by atoms with Crippen LogP contribution in [0, 0.1) is 11.2 Å². The first kappa shape index (κ1) is 16.2. The van der Waals surface area contributed by atoms with Gasteiger partial charge in [-0.2, -0.15) is 0 Å². The van der Waals surface area contributed by atoms with Crippen molar-refractivity contribution in [2.24, 2.45) is 11.1 Å². The van der Waals surface area contributed by atoms with Gasteiger partial charge in [0.05, 0.1) is 6.54 Å². The van der Waals surface area contributed by atoms with Crippen molar-refractivity contribution in [2.75, 3.05) is 19.6 Å². The predicted octanol–water partition coefficient (Wildman–Crippen LogP) is 1.55. The molecule has 1 aliphatic carbocycles. The average molecular weight is 340 g/mol. The van der Waals surface area contributed by atoms with Crippen molar-refractivity contribution in [3.05, 3.63) is 34.6 Å². The fourth-order valence-corrected chi connectivity index (χ4v) is 3.63. The smallest absolute Gasteiger partial charge is 0.251 e. The molecule has 1 heterocycles. The fourth-order valence-electron chi connectivity index (χ4n) is 3.41. The molecule has 0 aromatic heterocycles. The van der Waals surface area contributed by atoms with Crippen molar-refractivity contribution in [1.29, 1.82) is 0 Å². The number of hydrogen-bond donors (Lipinski definition) is 2. The van der Waals surface area contributed by atoms with E-state index in [0.29, 0.717) is 0 Å². The number of primary amides is 1. The van der Waals surface area contributed by atoms with Gasteiger partial charge in [0, 0.05) is 16.6 Å². The van der Waals surface area contributed by atoms with Crippen LogP contribution >= 0.6 is 11.6 Å². The van der Waals surface area contributed by atoms with Gasteiger partial charge in [0.15, 0.2) is 0 Å². The average Bonchev–Trinajstić information content (AvgIpc) is 3.12. The number of amides is 2. The Labute approximate surface area is 139 Å². The predicted molar refractivity (Wildman–Crippen MR) is 84.6 cm³/mol. The summed E-state index contributed by atoms with van der Waals surface area (Å²) < 4.78 is 13.3. The van der Waals surface area contributed by atoms with Crippen LogP contribution in [0.15, 0.2) is 18.2 Å². The molecule has 0 unspecified atom stereocenters. The van der Waals surface area contributed by atoms with Crippen LogP contribution in [0.2, 0.25) is 5.02 Å². The van der Waals surface area contributed by atoms with Crippen molar-refractivity contribution in [3.8, 4) is 0 Å². The Hall–Kier alpha value is -1.66. The van der Waals surface area contributed by atoms with Crippen LogP contribution in [-0.4, -0.2) is 42.4 Å². The van der Waals surface area contributed by atoms with Crippen LogP contribution in [0.3, 0.4) is 0 Å². The van der Waals surface area contributed by atoms with Crippen molar-refractivity contribution < 1.29 is 14.0 Å². The van der Waals surface area contributed by atoms with Crippen LogP contribution in [0.4, 0.5) is 4.39 Å². The van der Waals surface area contributed by atoms with E-state index in [2.05, 4.69) is 5.32 Å². The molecule has 3 rings (SSSR count). The highest BCUT2D eigenvalue weighted by Crippen LogP contribution is 2.53. The highest BCUT2D eigenvalue weighted by atomic mass is 35.5. The minimum absolute atomic E-state index is 0.104. The summed E-state index contributed by atoms with van der Waals surface area (Å²) in [5.74, 6) is -1.13. The summed E-state index contributed by atoms with van der Waals surface area (Å²) in [4.78, 5) is 25.2. The first-order chi connectivity index (χ1) is 10.9. The van der Waals surface area contributed by atoms with Gasteiger partial charge < -0.3 is 11.1 Å². The number of nitrogens with zero attached hydrogens (tertiary/aromatic N) is 1. The molecule has 5 nitrogen and oxygen atoms in total. The van der Waals surface area contributed by atoms with Crippen LogP contribution in [0.25, 0.3) is 0 Å². The standard InChI is InChI=1S/C16H19ClFN3O2/c17-11-5-10(6-12(18)7-11)15(23)20-13-8-16(13)1-3-21(4-2-16)9-14(19)22/h5-7,13H,1-4,8-9H2,(H2,19,22)(H,20,23)/t13-/m0/s1. The van der Waals surface area contributed by atoms with E-state index in [1.807, 2.05) is 4.90 Å². The number of carbonyl (C=O) groups is 2. The van der Waals surface area contributed by atoms with Crippen molar-refractivity contribution >= 4 is 23.4 Å². The Balaban J connectivity index is 1.55. The molecule has 2 aliphatic rings. The van der Waals surface area contributed by atoms with Crippen LogP contribution in [0.1, 0.15) is 29.6 Å². The Morgan fingerprint density at radius 2 is 2.04 bits per heavy atom. The zero-order valence-electron chi connectivity index (χ0n) is 12.6. The van der Waals surface area contributed by atoms with E-state index in [9.17, 15) is 14.0 Å². The number of carbonyl (C=O) groups excluding carboxylic acids is 2. The number of benzene rings is 1. The van der Waals surface area contributed by atoms with Crippen molar-refractivity contribution in [3.63, 3.8) is 0 Å². The van der Waals surface area contributed by atoms with Gasteiger partial charge in [-0.1, -0.05) is 11.6 Å². The highest BCUT2D eigenvalue weighted by molar-refractivity contribution is 6.31. The Kier molecular flexibility index (Phi) is 4.29. The first-order valence-electron chi connectivity index (χ1n) is 7.66. The second kappa shape index (κ2) is 6.09. The van der Waals surface area contributed by atoms with Gasteiger partial charge in [-0.25, -0.2) is 4.39 Å². The number of halogens is 2. The van der Waals surface area contributed by atoms with Crippen LogP contribution in [-0.2, 0) is 4.79 Å². The number of nitrogens with two attached hydrogens (primary N) is 1. The van der Waals surface area contributed by atoms with Gasteiger partial charge in [0.2, 0.25) is 5.91 Å². The maximum atomic E-state index is 13.3. The van der Waals surface area contributed by atoms with E-state index >= 15 is 0 Å². The molecule has 1 aliphatic heterocycles. The summed E-state index contributed by atoms with van der Waals surface area (Å²) >= 11 is 5.78. The molecule has 2 amide bonds. The van der Waals surface area contributed by atoms with Crippen molar-refractivity contribution in [1.82, 2.24) is 10.2 Å². The molecule has 1 aromatic carbocycles. The van der Waals surface area contributed by atoms with E-state index < -0.39 is 5.82 Å². The zero-order chi connectivity index (χ0) is 16.6. The van der Waals surface area contributed by atoms with E-state index in [1.54, 1.807) is 0 Å². The molecule has 0 bridgehead atoms. The topological polar surface area (TPSA) is 75.4 Å². The van der Waals surface area contributed by atoms with Crippen molar-refractivity contribution in [2.45, 2.75) is 25.3 Å². The minimum atomic E-state index is -0.520. The lowest BCUT2D eigenvalue weighted by molar-refractivity contribution is -0.119. The lowest BCUT2D eigenvalue weighted by Gasteiger charge is -2.32. The molecule has 1 aromatic rings. The Bertz CT molecular complexity index is 624. The molecule has 2 fully saturated rings. The molecule has 1 saturated carbocycles. The molecular formula is C16H19ClFN3O2. The highest BCUT2D eigenvalue weighted by Gasteiger charge is 2.55. The summed E-state index contributed by atoms with van der Waals surface area (Å²) in [7, 11) is 0. The Morgan fingerprint density at radius 1 is 1.35 bits per heavy atom. The normalized spacial score (nSPS) is 22.8. The quantitative estimate of drug-likeness (QED) is 0.874. The van der Waals surface area contributed by atoms with Gasteiger partial charge in [-0.05, 0) is 56.0 Å². The molecule has 124 valence electrons. The van der Waals surface area contributed by atoms with Gasteiger partial charge in [0.1, 0.15) is 5.82 Å². The third kappa shape index (κ3) is 3.64. The summed E-state index contributed by atoms with van der Waals surface area (Å²) in [5.41, 5.74) is 5.56. The van der Waals surface area contributed by atoms with Gasteiger partial charge >= 0.3 is 0 Å². The minimum Gasteiger partial charge on any atom is -0.369 e. The fraction of sp³-hybridized carbons (Fsp3) is 0.500. The number of piperidine rings is 1. The van der Waals surface area contributed by atoms with E-state index in [4.69, 9.17) is 17.3 Å². The maximum absolute atomic E-state index is 13.3. The molecule has 1 atom stereocenters. The number of nitrogens with one attached hydrogen (secondary N) is 1. The van der Waals surface area contributed by atoms with E-state index in [-0.39, 0.29) is 40.4 Å². The number of hydrogen-bond acceptors (Lipinski definition) is 3. The van der Waals surface area contributed by atoms with Crippen LogP contribution in [0.5, 0.6) is 0 Å². The third-order valence-corrected chi connectivity index (χ3v) is 5.07. The molecule has 0 radical (unpaired) electrons. The Morgan fingerprint density at radius 3 is 2.65 bits per heavy atom. The lowest BCUT2D eigenvalue weighted by atomic mass is 9.92. The molecule has 23 heavy (non-hydrogen) atoms. The summed E-state index contributed by atoms with van der Waals surface area (Å²) in [5, 5.41) is 3.18. The van der Waals surface area contributed by atoms with Gasteiger partial charge in [-0.3, -0.25) is 14.5 Å². The largest absolute Gasteiger partial charge is 0.369 e. The maximum Gasteiger partial charge on any atom is 0.251 e. The SMILES string of the molecule is NC(=O)CN1CCC2(CC1)C[C@@H]2NC(=O)c1cc(F)cc(Cl)c1. The van der Waals surface area contributed by atoms with E-state index in [0.717, 1.165) is 32.4 Å². The second-order valence-corrected chi connectivity index (χ2v) is 6.93. The monoisotopic (exact) mass is 339 g/mol. The van der Waals surface area contributed by atoms with Gasteiger partial charge in [0.25, 0.3) is 5.91 Å². The third-order valence-electron chi connectivity index (χ3n) is 4.85. The molecular weight excluding hydrogens is 321 g/mol. The van der Waals surface area contributed by atoms with E-state index in [1.165, 1.54) is 18.2 Å². The number of likely N-dealkylation sites (tertiary alicyclic amines) is 1. The summed E-state index contributed by atoms with van der Waals surface area (Å²) in [6.07, 6.45) is 2.77.